The smallest absolute Gasteiger partial charge is 0.238 e. The van der Waals surface area contributed by atoms with E-state index in [1.54, 1.807) is 19.5 Å². The fourth-order valence-electron chi connectivity index (χ4n) is 3.76. The number of methoxy groups -OCH3 is 1. The van der Waals surface area contributed by atoms with Crippen LogP contribution in [0.15, 0.2) is 42.7 Å². The first-order valence-corrected chi connectivity index (χ1v) is 9.70. The lowest BCUT2D eigenvalue weighted by Gasteiger charge is -2.32. The molecule has 4 rings (SSSR count). The topological polar surface area (TPSA) is 91.4 Å². The van der Waals surface area contributed by atoms with Crippen LogP contribution in [0.3, 0.4) is 0 Å². The number of hydrazine groups is 1. The lowest BCUT2D eigenvalue weighted by Crippen LogP contribution is -2.50. The van der Waals surface area contributed by atoms with Crippen molar-refractivity contribution < 1.29 is 9.53 Å². The lowest BCUT2D eigenvalue weighted by molar-refractivity contribution is -0.123. The molecule has 3 heterocycles. The van der Waals surface area contributed by atoms with Crippen LogP contribution in [0, 0.1) is 0 Å². The number of ether oxygens (including phenoxy) is 1. The van der Waals surface area contributed by atoms with E-state index in [4.69, 9.17) is 4.74 Å². The number of hydrogen-bond acceptors (Lipinski definition) is 7. The van der Waals surface area contributed by atoms with E-state index >= 15 is 0 Å². The first kappa shape index (κ1) is 18.6. The van der Waals surface area contributed by atoms with Crippen molar-refractivity contribution in [1.29, 1.82) is 0 Å². The monoisotopic (exact) mass is 382 g/mol. The molecular formula is C20H26N6O2. The van der Waals surface area contributed by atoms with E-state index in [0.717, 1.165) is 49.6 Å². The summed E-state index contributed by atoms with van der Waals surface area (Å²) < 4.78 is 5.20. The molecule has 0 bridgehead atoms. The summed E-state index contributed by atoms with van der Waals surface area (Å²) in [6.07, 6.45) is 6.02. The first-order chi connectivity index (χ1) is 13.7. The van der Waals surface area contributed by atoms with E-state index in [0.29, 0.717) is 0 Å². The Hall–Kier alpha value is -2.71. The summed E-state index contributed by atoms with van der Waals surface area (Å²) in [5, 5.41) is 3.19. The van der Waals surface area contributed by atoms with Gasteiger partial charge >= 0.3 is 0 Å². The number of aromatic nitrogens is 2. The van der Waals surface area contributed by atoms with Crippen LogP contribution in [0.25, 0.3) is 0 Å². The van der Waals surface area contributed by atoms with Gasteiger partial charge in [0.05, 0.1) is 7.11 Å². The van der Waals surface area contributed by atoms with Gasteiger partial charge in [-0.05, 0) is 43.0 Å². The standard InChI is InChI=1S/C20H26N6O2/c1-28-16-5-3-14(4-6-16)17-13-18(25-24-17)19(27)23-15-7-11-26(12-8-15)20-21-9-2-10-22-20/h2-6,9-10,15,17-18,24-25H,7-8,11-13H2,1H3,(H,23,27). The minimum absolute atomic E-state index is 0.0536. The minimum atomic E-state index is -0.234. The maximum Gasteiger partial charge on any atom is 0.238 e. The molecule has 1 aromatic carbocycles. The number of nitrogens with zero attached hydrogens (tertiary/aromatic N) is 3. The molecule has 2 aromatic rings. The van der Waals surface area contributed by atoms with Gasteiger partial charge in [-0.3, -0.25) is 4.79 Å². The Balaban J connectivity index is 1.25. The third-order valence-electron chi connectivity index (χ3n) is 5.41. The van der Waals surface area contributed by atoms with Gasteiger partial charge in [0.25, 0.3) is 0 Å². The molecule has 1 aromatic heterocycles. The van der Waals surface area contributed by atoms with Crippen LogP contribution in [0.4, 0.5) is 5.95 Å². The van der Waals surface area contributed by atoms with Gasteiger partial charge in [0.15, 0.2) is 0 Å². The van der Waals surface area contributed by atoms with Crippen LogP contribution in [0.2, 0.25) is 0 Å². The zero-order valence-electron chi connectivity index (χ0n) is 16.0. The number of hydrogen-bond donors (Lipinski definition) is 3. The Morgan fingerprint density at radius 1 is 1.14 bits per heavy atom. The van der Waals surface area contributed by atoms with E-state index in [2.05, 4.69) is 31.0 Å². The Labute approximate surface area is 164 Å². The number of amides is 1. The van der Waals surface area contributed by atoms with E-state index in [-0.39, 0.29) is 24.0 Å². The average molecular weight is 382 g/mol. The first-order valence-electron chi connectivity index (χ1n) is 9.70. The quantitative estimate of drug-likeness (QED) is 0.715. The summed E-state index contributed by atoms with van der Waals surface area (Å²) in [5.41, 5.74) is 7.50. The summed E-state index contributed by atoms with van der Waals surface area (Å²) in [4.78, 5) is 23.4. The van der Waals surface area contributed by atoms with Gasteiger partial charge in [-0.2, -0.15) is 0 Å². The average Bonchev–Trinajstić information content (AvgIpc) is 3.25. The molecule has 0 spiro atoms. The van der Waals surface area contributed by atoms with E-state index < -0.39 is 0 Å². The van der Waals surface area contributed by atoms with Crippen LogP contribution in [-0.4, -0.2) is 48.2 Å². The zero-order chi connectivity index (χ0) is 19.3. The number of carbonyl (C=O) groups excluding carboxylic acids is 1. The molecule has 148 valence electrons. The highest BCUT2D eigenvalue weighted by molar-refractivity contribution is 5.82. The number of piperidine rings is 1. The van der Waals surface area contributed by atoms with Crippen molar-refractivity contribution in [2.24, 2.45) is 0 Å². The molecule has 2 atom stereocenters. The number of anilines is 1. The summed E-state index contributed by atoms with van der Waals surface area (Å²) in [6.45, 7) is 1.69. The fourth-order valence-corrected chi connectivity index (χ4v) is 3.76. The van der Waals surface area contributed by atoms with Crippen molar-refractivity contribution >= 4 is 11.9 Å². The molecule has 2 fully saturated rings. The van der Waals surface area contributed by atoms with Crippen molar-refractivity contribution in [2.75, 3.05) is 25.1 Å². The van der Waals surface area contributed by atoms with E-state index in [1.165, 1.54) is 0 Å². The van der Waals surface area contributed by atoms with Gasteiger partial charge in [0.2, 0.25) is 11.9 Å². The van der Waals surface area contributed by atoms with Gasteiger partial charge in [-0.1, -0.05) is 12.1 Å². The molecule has 2 aliphatic heterocycles. The van der Waals surface area contributed by atoms with Crippen LogP contribution in [0.1, 0.15) is 30.9 Å². The third kappa shape index (κ3) is 4.23. The molecule has 28 heavy (non-hydrogen) atoms. The number of benzene rings is 1. The number of nitrogens with one attached hydrogen (secondary N) is 3. The highest BCUT2D eigenvalue weighted by Gasteiger charge is 2.32. The SMILES string of the molecule is COc1ccc(C2CC(C(=O)NC3CCN(c4ncccn4)CC3)NN2)cc1. The lowest BCUT2D eigenvalue weighted by atomic mass is 10.0. The fraction of sp³-hybridized carbons (Fsp3) is 0.450. The molecule has 1 amide bonds. The second kappa shape index (κ2) is 8.53. The Bertz CT molecular complexity index is 777. The highest BCUT2D eigenvalue weighted by atomic mass is 16.5. The van der Waals surface area contributed by atoms with Crippen molar-refractivity contribution in [3.63, 3.8) is 0 Å². The van der Waals surface area contributed by atoms with Crippen molar-refractivity contribution in [1.82, 2.24) is 26.1 Å². The summed E-state index contributed by atoms with van der Waals surface area (Å²) >= 11 is 0. The molecule has 2 saturated heterocycles. The maximum absolute atomic E-state index is 12.7. The minimum Gasteiger partial charge on any atom is -0.497 e. The molecule has 0 aliphatic carbocycles. The maximum atomic E-state index is 12.7. The van der Waals surface area contributed by atoms with Crippen molar-refractivity contribution in [3.8, 4) is 5.75 Å². The normalized spacial score (nSPS) is 22.8. The van der Waals surface area contributed by atoms with Gasteiger partial charge in [0, 0.05) is 37.6 Å². The zero-order valence-corrected chi connectivity index (χ0v) is 16.0. The summed E-state index contributed by atoms with van der Waals surface area (Å²) in [5.74, 6) is 1.64. The van der Waals surface area contributed by atoms with Crippen LogP contribution < -0.4 is 25.8 Å². The summed E-state index contributed by atoms with van der Waals surface area (Å²) in [7, 11) is 1.65. The molecule has 0 radical (unpaired) electrons. The van der Waals surface area contributed by atoms with Crippen LogP contribution >= 0.6 is 0 Å². The number of carbonyl (C=O) groups is 1. The van der Waals surface area contributed by atoms with E-state index in [1.807, 2.05) is 30.3 Å². The molecule has 2 aliphatic rings. The molecular weight excluding hydrogens is 356 g/mol. The van der Waals surface area contributed by atoms with Gasteiger partial charge in [0.1, 0.15) is 11.8 Å². The van der Waals surface area contributed by atoms with Crippen molar-refractivity contribution in [2.45, 2.75) is 37.4 Å². The second-order valence-electron chi connectivity index (χ2n) is 7.22. The third-order valence-corrected chi connectivity index (χ3v) is 5.41. The largest absolute Gasteiger partial charge is 0.497 e. The Morgan fingerprint density at radius 3 is 2.54 bits per heavy atom. The van der Waals surface area contributed by atoms with Gasteiger partial charge in [-0.15, -0.1) is 0 Å². The van der Waals surface area contributed by atoms with Gasteiger partial charge < -0.3 is 15.0 Å². The van der Waals surface area contributed by atoms with E-state index in [9.17, 15) is 4.79 Å². The highest BCUT2D eigenvalue weighted by Crippen LogP contribution is 2.24. The predicted molar refractivity (Wildman–Crippen MR) is 106 cm³/mol. The Morgan fingerprint density at radius 2 is 1.86 bits per heavy atom. The predicted octanol–water partition coefficient (Wildman–Crippen LogP) is 1.18. The van der Waals surface area contributed by atoms with Crippen LogP contribution in [-0.2, 0) is 4.79 Å². The van der Waals surface area contributed by atoms with Crippen molar-refractivity contribution in [3.05, 3.63) is 48.3 Å². The number of rotatable bonds is 5. The summed E-state index contributed by atoms with van der Waals surface area (Å²) in [6, 6.07) is 9.82. The molecule has 2 unspecified atom stereocenters. The molecule has 8 nitrogen and oxygen atoms in total. The van der Waals surface area contributed by atoms with Crippen LogP contribution in [0.5, 0.6) is 5.75 Å². The van der Waals surface area contributed by atoms with Gasteiger partial charge in [-0.25, -0.2) is 20.8 Å². The molecule has 8 heteroatoms. The molecule has 0 saturated carbocycles. The molecule has 3 N–H and O–H groups in total. The second-order valence-corrected chi connectivity index (χ2v) is 7.22. The Kier molecular flexibility index (Phi) is 5.68.